The van der Waals surface area contributed by atoms with Crippen LogP contribution >= 0.6 is 0 Å². The number of Topliss-reactive ketones (excluding diaryl/α,β-unsaturated/α-hetero) is 1. The lowest BCUT2D eigenvalue weighted by Gasteiger charge is -2.29. The monoisotopic (exact) mass is 612 g/mol. The molecule has 3 aromatic rings. The van der Waals surface area contributed by atoms with E-state index in [1.54, 1.807) is 48.4 Å². The van der Waals surface area contributed by atoms with Gasteiger partial charge in [-0.1, -0.05) is 49.1 Å². The number of carbonyl (C=O) groups is 2. The molecule has 0 spiro atoms. The van der Waals surface area contributed by atoms with E-state index in [-0.39, 0.29) is 11.3 Å². The molecule has 1 unspecified atom stereocenters. The Bertz CT molecular complexity index is 1550. The van der Waals surface area contributed by atoms with Gasteiger partial charge < -0.3 is 29.0 Å². The smallest absolute Gasteiger partial charge is 0.295 e. The first kappa shape index (κ1) is 31.8. The second kappa shape index (κ2) is 14.9. The maximum Gasteiger partial charge on any atom is 0.295 e. The van der Waals surface area contributed by atoms with Crippen molar-refractivity contribution in [2.75, 3.05) is 53.1 Å². The van der Waals surface area contributed by atoms with Crippen molar-refractivity contribution in [2.24, 2.45) is 0 Å². The number of carbonyl (C=O) groups excluding carboxylic acids is 2. The fraction of sp³-hybridized carbons (Fsp3) is 0.333. The van der Waals surface area contributed by atoms with Gasteiger partial charge in [-0.3, -0.25) is 14.5 Å². The van der Waals surface area contributed by atoms with Crippen LogP contribution in [0.1, 0.15) is 34.7 Å². The van der Waals surface area contributed by atoms with Gasteiger partial charge in [0.15, 0.2) is 11.5 Å². The molecular formula is C36H40N2O7. The van der Waals surface area contributed by atoms with Crippen molar-refractivity contribution in [3.8, 4) is 17.2 Å². The Morgan fingerprint density at radius 2 is 1.78 bits per heavy atom. The molecular weight excluding hydrogens is 572 g/mol. The molecule has 45 heavy (non-hydrogen) atoms. The van der Waals surface area contributed by atoms with Crippen LogP contribution in [-0.2, 0) is 20.9 Å². The van der Waals surface area contributed by atoms with E-state index in [1.165, 1.54) is 0 Å². The van der Waals surface area contributed by atoms with Gasteiger partial charge in [0.25, 0.3) is 11.7 Å². The Kier molecular flexibility index (Phi) is 10.5. The van der Waals surface area contributed by atoms with Crippen LogP contribution in [0.2, 0.25) is 0 Å². The number of ether oxygens (including phenoxy) is 4. The first-order valence-electron chi connectivity index (χ1n) is 15.2. The molecule has 2 aliphatic rings. The third kappa shape index (κ3) is 7.38. The van der Waals surface area contributed by atoms with Crippen LogP contribution in [-0.4, -0.2) is 79.7 Å². The molecule has 2 saturated heterocycles. The third-order valence-electron chi connectivity index (χ3n) is 8.08. The Morgan fingerprint density at radius 1 is 1.00 bits per heavy atom. The Morgan fingerprint density at radius 3 is 2.49 bits per heavy atom. The average molecular weight is 613 g/mol. The molecule has 1 N–H and O–H groups in total. The number of hydrogen-bond donors (Lipinski definition) is 1. The van der Waals surface area contributed by atoms with Gasteiger partial charge >= 0.3 is 0 Å². The van der Waals surface area contributed by atoms with Crippen LogP contribution in [0.15, 0.2) is 85.0 Å². The summed E-state index contributed by atoms with van der Waals surface area (Å²) >= 11 is 0. The van der Waals surface area contributed by atoms with Crippen molar-refractivity contribution >= 4 is 17.4 Å². The second-order valence-corrected chi connectivity index (χ2v) is 11.1. The van der Waals surface area contributed by atoms with E-state index >= 15 is 0 Å². The SMILES string of the molecule is C=CCOc1ccc(C(O)=C2C(=O)C(=O)N(CCCN3CCOCC3)C2c2ccc(OCc3ccccc3)c(OC)c2)c(C)c1. The fourth-order valence-corrected chi connectivity index (χ4v) is 5.75. The Hall–Kier alpha value is -4.60. The largest absolute Gasteiger partial charge is 0.507 e. The normalized spacial score (nSPS) is 18.2. The van der Waals surface area contributed by atoms with Crippen molar-refractivity contribution in [1.82, 2.24) is 9.80 Å². The van der Waals surface area contributed by atoms with Gasteiger partial charge in [-0.2, -0.15) is 0 Å². The molecule has 0 aliphatic carbocycles. The van der Waals surface area contributed by atoms with Gasteiger partial charge in [-0.25, -0.2) is 0 Å². The van der Waals surface area contributed by atoms with Crippen molar-refractivity contribution in [2.45, 2.75) is 26.0 Å². The zero-order valence-corrected chi connectivity index (χ0v) is 25.9. The van der Waals surface area contributed by atoms with Crippen LogP contribution in [0.3, 0.4) is 0 Å². The van der Waals surface area contributed by atoms with Crippen molar-refractivity contribution in [1.29, 1.82) is 0 Å². The molecule has 9 nitrogen and oxygen atoms in total. The summed E-state index contributed by atoms with van der Waals surface area (Å²) in [4.78, 5) is 31.1. The van der Waals surface area contributed by atoms with Crippen LogP contribution in [0.25, 0.3) is 5.76 Å². The van der Waals surface area contributed by atoms with E-state index in [4.69, 9.17) is 18.9 Å². The molecule has 2 fully saturated rings. The first-order valence-corrected chi connectivity index (χ1v) is 15.2. The number of aryl methyl sites for hydroxylation is 1. The van der Waals surface area contributed by atoms with Crippen LogP contribution in [0, 0.1) is 6.92 Å². The summed E-state index contributed by atoms with van der Waals surface area (Å²) in [5.74, 6) is 0.00161. The molecule has 1 atom stereocenters. The minimum absolute atomic E-state index is 0.0363. The summed E-state index contributed by atoms with van der Waals surface area (Å²) in [6, 6.07) is 19.6. The molecule has 1 amide bonds. The molecule has 3 aromatic carbocycles. The van der Waals surface area contributed by atoms with Crippen molar-refractivity contribution in [3.63, 3.8) is 0 Å². The fourth-order valence-electron chi connectivity index (χ4n) is 5.75. The number of nitrogens with zero attached hydrogens (tertiary/aromatic N) is 2. The van der Waals surface area contributed by atoms with E-state index in [0.717, 1.165) is 25.2 Å². The zero-order valence-electron chi connectivity index (χ0n) is 25.9. The highest BCUT2D eigenvalue weighted by Crippen LogP contribution is 2.42. The number of methoxy groups -OCH3 is 1. The van der Waals surface area contributed by atoms with Gasteiger partial charge in [0.1, 0.15) is 24.7 Å². The number of rotatable bonds is 13. The summed E-state index contributed by atoms with van der Waals surface area (Å²) in [6.45, 7) is 10.3. The van der Waals surface area contributed by atoms with Gasteiger partial charge in [0.05, 0.1) is 31.9 Å². The first-order chi connectivity index (χ1) is 21.9. The van der Waals surface area contributed by atoms with E-state index in [1.807, 2.05) is 43.3 Å². The van der Waals surface area contributed by atoms with E-state index in [9.17, 15) is 14.7 Å². The van der Waals surface area contributed by atoms with Crippen LogP contribution in [0.4, 0.5) is 0 Å². The maximum atomic E-state index is 13.7. The molecule has 5 rings (SSSR count). The third-order valence-corrected chi connectivity index (χ3v) is 8.08. The van der Waals surface area contributed by atoms with E-state index in [2.05, 4.69) is 11.5 Å². The minimum atomic E-state index is -0.817. The number of benzene rings is 3. The summed E-state index contributed by atoms with van der Waals surface area (Å²) in [5.41, 5.74) is 2.83. The molecule has 0 bridgehead atoms. The van der Waals surface area contributed by atoms with Gasteiger partial charge in [0, 0.05) is 31.7 Å². The molecule has 0 radical (unpaired) electrons. The molecule has 236 valence electrons. The summed E-state index contributed by atoms with van der Waals surface area (Å²) in [7, 11) is 1.55. The minimum Gasteiger partial charge on any atom is -0.507 e. The highest BCUT2D eigenvalue weighted by atomic mass is 16.5. The molecule has 0 saturated carbocycles. The van der Waals surface area contributed by atoms with E-state index < -0.39 is 17.7 Å². The quantitative estimate of drug-likeness (QED) is 0.120. The topological polar surface area (TPSA) is 97.8 Å². The highest BCUT2D eigenvalue weighted by Gasteiger charge is 2.46. The maximum absolute atomic E-state index is 13.7. The summed E-state index contributed by atoms with van der Waals surface area (Å²) in [6.07, 6.45) is 2.31. The zero-order chi connectivity index (χ0) is 31.8. The predicted octanol–water partition coefficient (Wildman–Crippen LogP) is 5.29. The average Bonchev–Trinajstić information content (AvgIpc) is 3.32. The number of ketones is 1. The van der Waals surface area contributed by atoms with Gasteiger partial charge in [0.2, 0.25) is 0 Å². The predicted molar refractivity (Wildman–Crippen MR) is 172 cm³/mol. The summed E-state index contributed by atoms with van der Waals surface area (Å²) in [5, 5.41) is 11.7. The van der Waals surface area contributed by atoms with Crippen LogP contribution < -0.4 is 14.2 Å². The highest BCUT2D eigenvalue weighted by molar-refractivity contribution is 6.46. The number of morpholine rings is 1. The van der Waals surface area contributed by atoms with Crippen LogP contribution in [0.5, 0.6) is 17.2 Å². The number of likely N-dealkylation sites (tertiary alicyclic amines) is 1. The van der Waals surface area contributed by atoms with Crippen molar-refractivity contribution in [3.05, 3.63) is 107 Å². The molecule has 2 heterocycles. The number of aliphatic hydroxyl groups excluding tert-OH is 1. The Balaban J connectivity index is 1.49. The number of amides is 1. The number of aliphatic hydroxyl groups is 1. The molecule has 9 heteroatoms. The van der Waals surface area contributed by atoms with E-state index in [0.29, 0.717) is 73.3 Å². The molecule has 0 aromatic heterocycles. The summed E-state index contributed by atoms with van der Waals surface area (Å²) < 4.78 is 22.9. The lowest BCUT2D eigenvalue weighted by atomic mass is 9.93. The lowest BCUT2D eigenvalue weighted by Crippen LogP contribution is -2.39. The second-order valence-electron chi connectivity index (χ2n) is 11.1. The standard InChI is InChI=1S/C36H40N2O7/c1-4-19-44-28-12-13-29(25(2)22-28)34(39)32-33(38(36(41)35(32)40)16-8-15-37-17-20-43-21-18-37)27-11-14-30(31(23-27)42-3)45-24-26-9-6-5-7-10-26/h4-7,9-14,22-23,33,39H,1,8,15-21,24H2,2-3H3. The number of hydrogen-bond acceptors (Lipinski definition) is 8. The van der Waals surface area contributed by atoms with Gasteiger partial charge in [-0.15, -0.1) is 0 Å². The Labute approximate surface area is 264 Å². The molecule has 2 aliphatic heterocycles. The lowest BCUT2D eigenvalue weighted by molar-refractivity contribution is -0.140. The van der Waals surface area contributed by atoms with Gasteiger partial charge in [-0.05, 0) is 60.4 Å². The van der Waals surface area contributed by atoms with Crippen molar-refractivity contribution < 1.29 is 33.6 Å².